The van der Waals surface area contributed by atoms with Crippen LogP contribution >= 0.6 is 0 Å². The number of carboxylic acid groups (broad SMARTS) is 1. The topological polar surface area (TPSA) is 156 Å². The molecule has 2 saturated heterocycles. The monoisotopic (exact) mass is 707 g/mol. The van der Waals surface area contributed by atoms with Gasteiger partial charge >= 0.3 is 12.1 Å². The van der Waals surface area contributed by atoms with Crippen LogP contribution in [0.25, 0.3) is 11.3 Å². The first kappa shape index (κ1) is 39.1. The number of carboxylic acids is 1. The molecule has 2 aromatic rings. The van der Waals surface area contributed by atoms with Gasteiger partial charge < -0.3 is 34.8 Å². The summed E-state index contributed by atoms with van der Waals surface area (Å²) in [5.41, 5.74) is 2.30. The molecular formula is C37H53N7O7. The summed E-state index contributed by atoms with van der Waals surface area (Å²) in [6, 6.07) is 12.0. The van der Waals surface area contributed by atoms with Gasteiger partial charge in [-0.3, -0.25) is 24.1 Å². The Hall–Kier alpha value is -4.72. The molecule has 4 rings (SSSR count). The summed E-state index contributed by atoms with van der Waals surface area (Å²) in [6.07, 6.45) is 1.97. The lowest BCUT2D eigenvalue weighted by Gasteiger charge is -2.37. The molecule has 4 amide bonds. The molecule has 0 radical (unpaired) electrons. The maximum Gasteiger partial charge on any atom is 0.409 e. The van der Waals surface area contributed by atoms with Crippen molar-refractivity contribution >= 4 is 35.5 Å². The number of nitrogens with zero attached hydrogens (tertiary/aromatic N) is 6. The summed E-state index contributed by atoms with van der Waals surface area (Å²) in [5, 5.41) is 12.2. The average Bonchev–Trinajstić information content (AvgIpc) is 3.15. The van der Waals surface area contributed by atoms with Crippen LogP contribution in [0.4, 0.5) is 10.5 Å². The molecule has 0 aliphatic carbocycles. The first-order valence-corrected chi connectivity index (χ1v) is 18.2. The first-order chi connectivity index (χ1) is 24.6. The van der Waals surface area contributed by atoms with E-state index < -0.39 is 29.9 Å². The minimum Gasteiger partial charge on any atom is -0.481 e. The first-order valence-electron chi connectivity index (χ1n) is 18.2. The third kappa shape index (κ3) is 11.4. The number of hydrogen-bond acceptors (Lipinski definition) is 9. The number of benzene rings is 1. The van der Waals surface area contributed by atoms with Crippen molar-refractivity contribution in [1.82, 2.24) is 29.9 Å². The molecule has 0 unspecified atom stereocenters. The Balaban J connectivity index is 1.47. The van der Waals surface area contributed by atoms with Gasteiger partial charge in [-0.25, -0.2) is 9.78 Å². The normalized spacial score (nSPS) is 15.6. The van der Waals surface area contributed by atoms with Gasteiger partial charge in [-0.1, -0.05) is 50.1 Å². The predicted octanol–water partition coefficient (Wildman–Crippen LogP) is 3.17. The van der Waals surface area contributed by atoms with Crippen LogP contribution in [0.3, 0.4) is 0 Å². The fourth-order valence-electron chi connectivity index (χ4n) is 6.29. The number of aromatic nitrogens is 1. The zero-order valence-electron chi connectivity index (χ0n) is 30.2. The summed E-state index contributed by atoms with van der Waals surface area (Å²) < 4.78 is 5.36. The molecule has 2 N–H and O–H groups in total. The van der Waals surface area contributed by atoms with Crippen LogP contribution in [0.2, 0.25) is 0 Å². The van der Waals surface area contributed by atoms with Crippen LogP contribution in [0.5, 0.6) is 0 Å². The predicted molar refractivity (Wildman–Crippen MR) is 193 cm³/mol. The van der Waals surface area contributed by atoms with Crippen molar-refractivity contribution in [2.24, 2.45) is 0 Å². The number of hydrogen-bond donors (Lipinski definition) is 2. The maximum atomic E-state index is 13.9. The molecule has 14 nitrogen and oxygen atoms in total. The molecule has 0 spiro atoms. The minimum absolute atomic E-state index is 0.0982. The molecule has 1 aromatic heterocycles. The number of anilines is 1. The summed E-state index contributed by atoms with van der Waals surface area (Å²) >= 11 is 0. The number of piperazine rings is 2. The zero-order valence-corrected chi connectivity index (χ0v) is 30.2. The van der Waals surface area contributed by atoms with Crippen LogP contribution in [-0.4, -0.2) is 144 Å². The van der Waals surface area contributed by atoms with E-state index >= 15 is 0 Å². The van der Waals surface area contributed by atoms with Crippen LogP contribution in [0.15, 0.2) is 42.5 Å². The second-order valence-electron chi connectivity index (χ2n) is 12.9. The lowest BCUT2D eigenvalue weighted by Crippen LogP contribution is -2.56. The van der Waals surface area contributed by atoms with E-state index in [1.54, 1.807) is 15.9 Å². The molecule has 3 heterocycles. The van der Waals surface area contributed by atoms with E-state index in [-0.39, 0.29) is 50.6 Å². The summed E-state index contributed by atoms with van der Waals surface area (Å²) in [4.78, 5) is 78.2. The van der Waals surface area contributed by atoms with Crippen LogP contribution in [0, 0.1) is 0 Å². The van der Waals surface area contributed by atoms with Crippen molar-refractivity contribution in [3.05, 3.63) is 48.2 Å². The molecular weight excluding hydrogens is 654 g/mol. The number of rotatable bonds is 16. The lowest BCUT2D eigenvalue weighted by atomic mass is 10.1. The van der Waals surface area contributed by atoms with Gasteiger partial charge in [-0.2, -0.15) is 0 Å². The van der Waals surface area contributed by atoms with E-state index in [0.29, 0.717) is 58.1 Å². The second kappa shape index (κ2) is 19.6. The molecule has 14 heteroatoms. The third-order valence-electron chi connectivity index (χ3n) is 9.40. The number of aliphatic carboxylic acids is 1. The van der Waals surface area contributed by atoms with Crippen molar-refractivity contribution in [3.8, 4) is 11.3 Å². The molecule has 278 valence electrons. The molecule has 2 fully saturated rings. The zero-order chi connectivity index (χ0) is 36.8. The standard InChI is InChI=1S/C37H53N7O7/c1-4-7-11-24-51-37(50)44-22-20-43(21-23-44)36(49)30(14-15-34(46)47)39-35(48)32-26-29(25-31(38-32)28-12-9-8-10-13-28)42-18-16-40(17-19-42)27-33(45)41(5-2)6-3/h8-10,12-13,25-26,30H,4-7,11,14-24,27H2,1-3H3,(H,39,48)(H,46,47)/t30-/m0/s1. The Bertz CT molecular complexity index is 1470. The minimum atomic E-state index is -1.10. The number of amides is 4. The highest BCUT2D eigenvalue weighted by Gasteiger charge is 2.32. The van der Waals surface area contributed by atoms with Crippen LogP contribution < -0.4 is 10.2 Å². The van der Waals surface area contributed by atoms with Gasteiger partial charge in [0.15, 0.2) is 0 Å². The van der Waals surface area contributed by atoms with Gasteiger partial charge in [-0.05, 0) is 38.8 Å². The number of ether oxygens (including phenoxy) is 1. The average molecular weight is 708 g/mol. The number of likely N-dealkylation sites (N-methyl/N-ethyl adjacent to an activating group) is 1. The van der Waals surface area contributed by atoms with Crippen molar-refractivity contribution in [2.75, 3.05) is 83.5 Å². The number of pyridine rings is 1. The van der Waals surface area contributed by atoms with E-state index in [9.17, 15) is 29.1 Å². The quantitative estimate of drug-likeness (QED) is 0.249. The molecule has 1 aromatic carbocycles. The maximum absolute atomic E-state index is 13.9. The highest BCUT2D eigenvalue weighted by Crippen LogP contribution is 2.26. The number of carbonyl (C=O) groups is 5. The number of unbranched alkanes of at least 4 members (excludes halogenated alkanes) is 2. The second-order valence-corrected chi connectivity index (χ2v) is 12.9. The summed E-state index contributed by atoms with van der Waals surface area (Å²) in [7, 11) is 0. The Labute approximate surface area is 300 Å². The Morgan fingerprint density at radius 2 is 1.55 bits per heavy atom. The molecule has 0 bridgehead atoms. The van der Waals surface area contributed by atoms with Gasteiger partial charge in [0.2, 0.25) is 11.8 Å². The molecule has 2 aliphatic heterocycles. The van der Waals surface area contributed by atoms with Gasteiger partial charge in [0.25, 0.3) is 5.91 Å². The van der Waals surface area contributed by atoms with Crippen molar-refractivity contribution < 1.29 is 33.8 Å². The van der Waals surface area contributed by atoms with Gasteiger partial charge in [0.05, 0.1) is 18.8 Å². The highest BCUT2D eigenvalue weighted by molar-refractivity contribution is 5.97. The summed E-state index contributed by atoms with van der Waals surface area (Å²) in [5.74, 6) is -1.97. The van der Waals surface area contributed by atoms with Gasteiger partial charge in [-0.15, -0.1) is 0 Å². The molecule has 0 saturated carbocycles. The molecule has 2 aliphatic rings. The van der Waals surface area contributed by atoms with E-state index in [4.69, 9.17) is 4.74 Å². The SMILES string of the molecule is CCCCCOC(=O)N1CCN(C(=O)[C@H](CCC(=O)O)NC(=O)c2cc(N3CCN(CC(=O)N(CC)CC)CC3)cc(-c3ccccc3)n2)CC1. The van der Waals surface area contributed by atoms with Gasteiger partial charge in [0.1, 0.15) is 11.7 Å². The fourth-order valence-corrected chi connectivity index (χ4v) is 6.29. The number of carbonyl (C=O) groups excluding carboxylic acids is 4. The van der Waals surface area contributed by atoms with E-state index in [2.05, 4.69) is 27.0 Å². The smallest absolute Gasteiger partial charge is 0.409 e. The fraction of sp³-hybridized carbons (Fsp3) is 0.568. The van der Waals surface area contributed by atoms with Gasteiger partial charge in [0, 0.05) is 83.1 Å². The van der Waals surface area contributed by atoms with Crippen molar-refractivity contribution in [2.45, 2.75) is 58.9 Å². The Morgan fingerprint density at radius 1 is 0.882 bits per heavy atom. The summed E-state index contributed by atoms with van der Waals surface area (Å²) in [6.45, 7) is 11.7. The third-order valence-corrected chi connectivity index (χ3v) is 9.40. The highest BCUT2D eigenvalue weighted by atomic mass is 16.6. The largest absolute Gasteiger partial charge is 0.481 e. The lowest BCUT2D eigenvalue weighted by molar-refractivity contribution is -0.138. The molecule has 51 heavy (non-hydrogen) atoms. The van der Waals surface area contributed by atoms with Crippen molar-refractivity contribution in [1.29, 1.82) is 0 Å². The van der Waals surface area contributed by atoms with E-state index in [1.165, 1.54) is 0 Å². The van der Waals surface area contributed by atoms with E-state index in [0.717, 1.165) is 30.5 Å². The Kier molecular flexibility index (Phi) is 15.0. The Morgan fingerprint density at radius 3 is 2.18 bits per heavy atom. The van der Waals surface area contributed by atoms with E-state index in [1.807, 2.05) is 55.1 Å². The van der Waals surface area contributed by atoms with Crippen LogP contribution in [-0.2, 0) is 19.1 Å². The number of nitrogens with one attached hydrogen (secondary N) is 1. The van der Waals surface area contributed by atoms with Crippen LogP contribution in [0.1, 0.15) is 63.4 Å². The van der Waals surface area contributed by atoms with Crippen molar-refractivity contribution in [3.63, 3.8) is 0 Å². The molecule has 1 atom stereocenters.